The van der Waals surface area contributed by atoms with Crippen LogP contribution in [-0.4, -0.2) is 30.6 Å². The third-order valence-electron chi connectivity index (χ3n) is 5.71. The number of hydrogen-bond acceptors (Lipinski definition) is 6. The predicted octanol–water partition coefficient (Wildman–Crippen LogP) is 3.68. The summed E-state index contributed by atoms with van der Waals surface area (Å²) in [6, 6.07) is 16.3. The maximum absolute atomic E-state index is 12.5. The molecule has 3 aromatic rings. The number of rotatable bonds is 7. The quantitative estimate of drug-likeness (QED) is 0.424. The summed E-state index contributed by atoms with van der Waals surface area (Å²) in [6.45, 7) is 3.42. The molecule has 2 heterocycles. The van der Waals surface area contributed by atoms with Crippen LogP contribution < -0.4 is 22.1 Å². The van der Waals surface area contributed by atoms with E-state index in [1.807, 2.05) is 36.5 Å². The van der Waals surface area contributed by atoms with Crippen LogP contribution in [0.2, 0.25) is 0 Å². The first-order valence-electron chi connectivity index (χ1n) is 10.9. The van der Waals surface area contributed by atoms with Gasteiger partial charge >= 0.3 is 0 Å². The van der Waals surface area contributed by atoms with Crippen LogP contribution >= 0.6 is 0 Å². The predicted molar refractivity (Wildman–Crippen MR) is 128 cm³/mol. The van der Waals surface area contributed by atoms with Gasteiger partial charge in [-0.25, -0.2) is 0 Å². The molecule has 2 aromatic carbocycles. The van der Waals surface area contributed by atoms with Crippen molar-refractivity contribution >= 4 is 23.0 Å². The SMILES string of the molecule is Nc1ccccc1NC(=O)c1ccc(-c2ncc(CNCC3CCOCC3)cc2N)cc1. The van der Waals surface area contributed by atoms with Gasteiger partial charge in [0.05, 0.1) is 22.8 Å². The Bertz CT molecular complexity index is 1060. The van der Waals surface area contributed by atoms with Gasteiger partial charge in [0, 0.05) is 37.1 Å². The number of nitrogens with two attached hydrogens (primary N) is 2. The van der Waals surface area contributed by atoms with Gasteiger partial charge in [0.25, 0.3) is 5.91 Å². The fourth-order valence-corrected chi connectivity index (χ4v) is 3.82. The highest BCUT2D eigenvalue weighted by Crippen LogP contribution is 2.25. The van der Waals surface area contributed by atoms with E-state index in [-0.39, 0.29) is 5.91 Å². The lowest BCUT2D eigenvalue weighted by molar-refractivity contribution is 0.0662. The Morgan fingerprint density at radius 3 is 2.50 bits per heavy atom. The van der Waals surface area contributed by atoms with Gasteiger partial charge in [0.15, 0.2) is 0 Å². The molecule has 1 saturated heterocycles. The second-order valence-electron chi connectivity index (χ2n) is 8.09. The average molecular weight is 432 g/mol. The molecular formula is C25H29N5O2. The standard InChI is InChI=1S/C25H29N5O2/c26-21-3-1-2-4-23(21)30-25(31)20-7-5-19(6-8-20)24-22(27)13-18(16-29-24)15-28-14-17-9-11-32-12-10-17/h1-8,13,16-17,28H,9-12,14-15,26-27H2,(H,30,31). The van der Waals surface area contributed by atoms with E-state index in [0.29, 0.717) is 34.2 Å². The minimum Gasteiger partial charge on any atom is -0.397 e. The number of nitrogen functional groups attached to an aromatic ring is 2. The Morgan fingerprint density at radius 1 is 1.03 bits per heavy atom. The molecule has 0 spiro atoms. The van der Waals surface area contributed by atoms with Gasteiger partial charge in [0.1, 0.15) is 0 Å². The van der Waals surface area contributed by atoms with Gasteiger partial charge in [-0.1, -0.05) is 24.3 Å². The zero-order valence-electron chi connectivity index (χ0n) is 18.0. The third-order valence-corrected chi connectivity index (χ3v) is 5.71. The molecule has 166 valence electrons. The summed E-state index contributed by atoms with van der Waals surface area (Å²) in [5.41, 5.74) is 17.1. The number of hydrogen-bond donors (Lipinski definition) is 4. The molecule has 4 rings (SSSR count). The smallest absolute Gasteiger partial charge is 0.255 e. The number of carbonyl (C=O) groups is 1. The van der Waals surface area contributed by atoms with E-state index in [2.05, 4.69) is 15.6 Å². The van der Waals surface area contributed by atoms with Crippen molar-refractivity contribution in [2.24, 2.45) is 5.92 Å². The first kappa shape index (κ1) is 21.8. The van der Waals surface area contributed by atoms with E-state index in [1.54, 1.807) is 24.3 Å². The second-order valence-corrected chi connectivity index (χ2v) is 8.09. The number of carbonyl (C=O) groups excluding carboxylic acids is 1. The molecule has 0 aliphatic carbocycles. The summed E-state index contributed by atoms with van der Waals surface area (Å²) < 4.78 is 5.41. The number of benzene rings is 2. The highest BCUT2D eigenvalue weighted by Gasteiger charge is 2.14. The van der Waals surface area contributed by atoms with Crippen LogP contribution in [-0.2, 0) is 11.3 Å². The summed E-state index contributed by atoms with van der Waals surface area (Å²) in [5.74, 6) is 0.448. The summed E-state index contributed by atoms with van der Waals surface area (Å²) in [7, 11) is 0. The number of para-hydroxylation sites is 2. The number of ether oxygens (including phenoxy) is 1. The maximum Gasteiger partial charge on any atom is 0.255 e. The van der Waals surface area contributed by atoms with E-state index in [1.165, 1.54) is 0 Å². The molecule has 0 atom stereocenters. The molecule has 0 bridgehead atoms. The van der Waals surface area contributed by atoms with Gasteiger partial charge < -0.3 is 26.8 Å². The van der Waals surface area contributed by atoms with Crippen molar-refractivity contribution < 1.29 is 9.53 Å². The van der Waals surface area contributed by atoms with E-state index in [0.717, 1.165) is 50.3 Å². The van der Waals surface area contributed by atoms with E-state index >= 15 is 0 Å². The molecule has 0 unspecified atom stereocenters. The van der Waals surface area contributed by atoms with E-state index in [9.17, 15) is 4.79 Å². The van der Waals surface area contributed by atoms with Crippen LogP contribution in [0.3, 0.4) is 0 Å². The summed E-state index contributed by atoms with van der Waals surface area (Å²) in [6.07, 6.45) is 4.07. The Hall–Kier alpha value is -3.42. The van der Waals surface area contributed by atoms with Crippen molar-refractivity contribution in [1.29, 1.82) is 0 Å². The largest absolute Gasteiger partial charge is 0.397 e. The minimum absolute atomic E-state index is 0.221. The van der Waals surface area contributed by atoms with Crippen molar-refractivity contribution in [3.8, 4) is 11.3 Å². The molecule has 1 aromatic heterocycles. The Kier molecular flexibility index (Phi) is 6.99. The van der Waals surface area contributed by atoms with Crippen LogP contribution in [0.4, 0.5) is 17.1 Å². The molecule has 1 fully saturated rings. The average Bonchev–Trinajstić information content (AvgIpc) is 2.81. The zero-order chi connectivity index (χ0) is 22.3. The lowest BCUT2D eigenvalue weighted by Gasteiger charge is -2.22. The molecule has 0 saturated carbocycles. The number of anilines is 3. The lowest BCUT2D eigenvalue weighted by Crippen LogP contribution is -2.27. The van der Waals surface area contributed by atoms with Crippen LogP contribution in [0.1, 0.15) is 28.8 Å². The molecule has 7 nitrogen and oxygen atoms in total. The summed E-state index contributed by atoms with van der Waals surface area (Å²) in [5, 5.41) is 6.33. The molecular weight excluding hydrogens is 402 g/mol. The van der Waals surface area contributed by atoms with Crippen molar-refractivity contribution in [2.75, 3.05) is 36.5 Å². The van der Waals surface area contributed by atoms with Crippen LogP contribution in [0.15, 0.2) is 60.8 Å². The number of nitrogens with zero attached hydrogens (tertiary/aromatic N) is 1. The fourth-order valence-electron chi connectivity index (χ4n) is 3.82. The zero-order valence-corrected chi connectivity index (χ0v) is 18.0. The molecule has 1 aliphatic heterocycles. The van der Waals surface area contributed by atoms with Crippen molar-refractivity contribution in [1.82, 2.24) is 10.3 Å². The fraction of sp³-hybridized carbons (Fsp3) is 0.280. The minimum atomic E-state index is -0.221. The van der Waals surface area contributed by atoms with Crippen LogP contribution in [0, 0.1) is 5.92 Å². The molecule has 32 heavy (non-hydrogen) atoms. The Morgan fingerprint density at radius 2 is 1.78 bits per heavy atom. The van der Waals surface area contributed by atoms with Gasteiger partial charge in [0.2, 0.25) is 0 Å². The molecule has 1 amide bonds. The van der Waals surface area contributed by atoms with E-state index < -0.39 is 0 Å². The number of amides is 1. The lowest BCUT2D eigenvalue weighted by atomic mass is 10.0. The van der Waals surface area contributed by atoms with Gasteiger partial charge in [-0.3, -0.25) is 9.78 Å². The normalized spacial score (nSPS) is 14.2. The maximum atomic E-state index is 12.5. The van der Waals surface area contributed by atoms with Gasteiger partial charge in [-0.05, 0) is 61.2 Å². The third kappa shape index (κ3) is 5.43. The van der Waals surface area contributed by atoms with Gasteiger partial charge in [-0.2, -0.15) is 0 Å². The highest BCUT2D eigenvalue weighted by atomic mass is 16.5. The van der Waals surface area contributed by atoms with Crippen molar-refractivity contribution in [2.45, 2.75) is 19.4 Å². The summed E-state index contributed by atoms with van der Waals surface area (Å²) in [4.78, 5) is 17.1. The van der Waals surface area contributed by atoms with Crippen LogP contribution in [0.5, 0.6) is 0 Å². The number of aromatic nitrogens is 1. The highest BCUT2D eigenvalue weighted by molar-refractivity contribution is 6.06. The molecule has 6 N–H and O–H groups in total. The summed E-state index contributed by atoms with van der Waals surface area (Å²) >= 11 is 0. The topological polar surface area (TPSA) is 115 Å². The first-order valence-corrected chi connectivity index (χ1v) is 10.9. The molecule has 0 radical (unpaired) electrons. The molecule has 7 heteroatoms. The number of pyridine rings is 1. The van der Waals surface area contributed by atoms with E-state index in [4.69, 9.17) is 16.2 Å². The van der Waals surface area contributed by atoms with Crippen molar-refractivity contribution in [3.05, 3.63) is 71.9 Å². The van der Waals surface area contributed by atoms with Gasteiger partial charge in [-0.15, -0.1) is 0 Å². The number of nitrogens with one attached hydrogen (secondary N) is 2. The Labute approximate surface area is 188 Å². The van der Waals surface area contributed by atoms with Crippen LogP contribution in [0.25, 0.3) is 11.3 Å². The molecule has 1 aliphatic rings. The monoisotopic (exact) mass is 431 g/mol. The second kappa shape index (κ2) is 10.3. The first-order chi connectivity index (χ1) is 15.6. The van der Waals surface area contributed by atoms with Crippen molar-refractivity contribution in [3.63, 3.8) is 0 Å². The Balaban J connectivity index is 1.37.